The largest absolute Gasteiger partial charge is 0.384 e. The van der Waals surface area contributed by atoms with Gasteiger partial charge in [0, 0.05) is 29.5 Å². The summed E-state index contributed by atoms with van der Waals surface area (Å²) in [5.74, 6) is 0.537. The van der Waals surface area contributed by atoms with E-state index in [-0.39, 0.29) is 0 Å². The summed E-state index contributed by atoms with van der Waals surface area (Å²) in [6, 6.07) is 8.69. The van der Waals surface area contributed by atoms with Crippen molar-refractivity contribution in [3.05, 3.63) is 24.3 Å². The van der Waals surface area contributed by atoms with Crippen molar-refractivity contribution in [1.82, 2.24) is 0 Å². The summed E-state index contributed by atoms with van der Waals surface area (Å²) in [6.07, 6.45) is 5.55. The highest BCUT2D eigenvalue weighted by Gasteiger charge is 2.17. The number of benzene rings is 1. The predicted molar refractivity (Wildman–Crippen MR) is 84.1 cm³/mol. The lowest BCUT2D eigenvalue weighted by Gasteiger charge is -2.17. The van der Waals surface area contributed by atoms with Gasteiger partial charge in [-0.2, -0.15) is 0 Å². The minimum absolute atomic E-state index is 0.537. The first-order chi connectivity index (χ1) is 9.29. The number of nitrogens with one attached hydrogen (secondary N) is 1. The van der Waals surface area contributed by atoms with Gasteiger partial charge in [0.15, 0.2) is 0 Å². The smallest absolute Gasteiger partial charge is 0.0504 e. The van der Waals surface area contributed by atoms with Crippen molar-refractivity contribution in [2.75, 3.05) is 25.6 Å². The maximum absolute atomic E-state index is 5.18. The van der Waals surface area contributed by atoms with Crippen LogP contribution >= 0.6 is 11.8 Å². The standard InChI is InChI=1S/C16H25NOS/c1-13(12-18-2)11-17-15-9-5-6-10-16(15)19-14-7-3-4-8-14/h5-6,9-10,13-14,17H,3-4,7-8,11-12H2,1-2H3. The molecular formula is C16H25NOS. The molecule has 3 heteroatoms. The number of ether oxygens (including phenoxy) is 1. The van der Waals surface area contributed by atoms with Gasteiger partial charge in [-0.25, -0.2) is 0 Å². The fourth-order valence-corrected chi connectivity index (χ4v) is 3.88. The molecule has 0 spiro atoms. The summed E-state index contributed by atoms with van der Waals surface area (Å²) in [7, 11) is 1.76. The van der Waals surface area contributed by atoms with Crippen molar-refractivity contribution in [3.63, 3.8) is 0 Å². The molecule has 1 aromatic rings. The van der Waals surface area contributed by atoms with Crippen LogP contribution in [0.4, 0.5) is 5.69 Å². The Morgan fingerprint density at radius 2 is 2.05 bits per heavy atom. The van der Waals surface area contributed by atoms with E-state index < -0.39 is 0 Å². The molecule has 0 amide bonds. The molecule has 1 N–H and O–H groups in total. The molecule has 0 radical (unpaired) electrons. The number of rotatable bonds is 7. The molecule has 0 saturated heterocycles. The minimum atomic E-state index is 0.537. The van der Waals surface area contributed by atoms with Crippen LogP contribution in [0.5, 0.6) is 0 Å². The first kappa shape index (κ1) is 14.7. The van der Waals surface area contributed by atoms with Crippen molar-refractivity contribution >= 4 is 17.4 Å². The Labute approximate surface area is 121 Å². The van der Waals surface area contributed by atoms with Crippen LogP contribution in [0.15, 0.2) is 29.2 Å². The molecule has 0 bridgehead atoms. The average molecular weight is 279 g/mol. The van der Waals surface area contributed by atoms with Crippen molar-refractivity contribution in [3.8, 4) is 0 Å². The molecule has 1 atom stereocenters. The van der Waals surface area contributed by atoms with Gasteiger partial charge < -0.3 is 10.1 Å². The third kappa shape index (κ3) is 4.73. The van der Waals surface area contributed by atoms with Crippen LogP contribution in [0.25, 0.3) is 0 Å². The molecule has 1 aliphatic rings. The highest BCUT2D eigenvalue weighted by molar-refractivity contribution is 8.00. The highest BCUT2D eigenvalue weighted by Crippen LogP contribution is 2.37. The first-order valence-corrected chi connectivity index (χ1v) is 8.16. The van der Waals surface area contributed by atoms with Crippen LogP contribution in [0.1, 0.15) is 32.6 Å². The Bertz CT molecular complexity index is 377. The molecule has 2 rings (SSSR count). The summed E-state index contributed by atoms with van der Waals surface area (Å²) in [5.41, 5.74) is 1.28. The van der Waals surface area contributed by atoms with Crippen LogP contribution in [0.3, 0.4) is 0 Å². The number of thioether (sulfide) groups is 1. The number of hydrogen-bond acceptors (Lipinski definition) is 3. The van der Waals surface area contributed by atoms with E-state index in [1.54, 1.807) is 7.11 Å². The lowest BCUT2D eigenvalue weighted by atomic mass is 10.2. The lowest BCUT2D eigenvalue weighted by molar-refractivity contribution is 0.164. The predicted octanol–water partition coefficient (Wildman–Crippen LogP) is 4.42. The van der Waals surface area contributed by atoms with Crippen LogP contribution in [-0.4, -0.2) is 25.5 Å². The number of hydrogen-bond donors (Lipinski definition) is 1. The van der Waals surface area contributed by atoms with Gasteiger partial charge in [0.25, 0.3) is 0 Å². The van der Waals surface area contributed by atoms with E-state index in [9.17, 15) is 0 Å². The normalized spacial score (nSPS) is 17.6. The quantitative estimate of drug-likeness (QED) is 0.798. The Balaban J connectivity index is 1.91. The van der Waals surface area contributed by atoms with E-state index in [1.165, 1.54) is 36.3 Å². The zero-order chi connectivity index (χ0) is 13.5. The van der Waals surface area contributed by atoms with Gasteiger partial charge in [0.2, 0.25) is 0 Å². The zero-order valence-corrected chi connectivity index (χ0v) is 12.8. The monoisotopic (exact) mass is 279 g/mol. The SMILES string of the molecule is COCC(C)CNc1ccccc1SC1CCCC1. The molecule has 2 nitrogen and oxygen atoms in total. The van der Waals surface area contributed by atoms with E-state index >= 15 is 0 Å². The van der Waals surface area contributed by atoms with Gasteiger partial charge in [-0.1, -0.05) is 31.9 Å². The van der Waals surface area contributed by atoms with Gasteiger partial charge in [0.1, 0.15) is 0 Å². The van der Waals surface area contributed by atoms with Crippen LogP contribution in [-0.2, 0) is 4.74 Å². The molecule has 1 aromatic carbocycles. The second kappa shape index (κ2) is 7.81. The Morgan fingerprint density at radius 3 is 2.79 bits per heavy atom. The van der Waals surface area contributed by atoms with Crippen molar-refractivity contribution in [1.29, 1.82) is 0 Å². The summed E-state index contributed by atoms with van der Waals surface area (Å²) in [6.45, 7) is 3.99. The van der Waals surface area contributed by atoms with E-state index in [0.29, 0.717) is 5.92 Å². The summed E-state index contributed by atoms with van der Waals surface area (Å²) in [5, 5.41) is 4.39. The van der Waals surface area contributed by atoms with Gasteiger partial charge in [-0.15, -0.1) is 11.8 Å². The first-order valence-electron chi connectivity index (χ1n) is 7.28. The maximum Gasteiger partial charge on any atom is 0.0504 e. The molecule has 0 aliphatic heterocycles. The number of para-hydroxylation sites is 1. The van der Waals surface area contributed by atoms with Crippen LogP contribution in [0, 0.1) is 5.92 Å². The highest BCUT2D eigenvalue weighted by atomic mass is 32.2. The van der Waals surface area contributed by atoms with Crippen molar-refractivity contribution < 1.29 is 4.74 Å². The number of anilines is 1. The Morgan fingerprint density at radius 1 is 1.32 bits per heavy atom. The Kier molecular flexibility index (Phi) is 6.05. The number of methoxy groups -OCH3 is 1. The van der Waals surface area contributed by atoms with Crippen molar-refractivity contribution in [2.45, 2.75) is 42.8 Å². The van der Waals surface area contributed by atoms with E-state index in [1.807, 2.05) is 11.8 Å². The van der Waals surface area contributed by atoms with Gasteiger partial charge in [-0.3, -0.25) is 0 Å². The molecule has 1 saturated carbocycles. The molecule has 1 unspecified atom stereocenters. The molecule has 19 heavy (non-hydrogen) atoms. The van der Waals surface area contributed by atoms with Gasteiger partial charge >= 0.3 is 0 Å². The molecule has 106 valence electrons. The van der Waals surface area contributed by atoms with Crippen LogP contribution in [0.2, 0.25) is 0 Å². The molecule has 1 aliphatic carbocycles. The van der Waals surface area contributed by atoms with Gasteiger partial charge in [-0.05, 0) is 30.9 Å². The molecule has 0 aromatic heterocycles. The van der Waals surface area contributed by atoms with Crippen molar-refractivity contribution in [2.24, 2.45) is 5.92 Å². The summed E-state index contributed by atoms with van der Waals surface area (Å²) in [4.78, 5) is 1.40. The van der Waals surface area contributed by atoms with Gasteiger partial charge in [0.05, 0.1) is 6.61 Å². The van der Waals surface area contributed by atoms with E-state index in [2.05, 4.69) is 36.5 Å². The molecule has 0 heterocycles. The van der Waals surface area contributed by atoms with E-state index in [4.69, 9.17) is 4.74 Å². The average Bonchev–Trinajstić information content (AvgIpc) is 2.91. The molecular weight excluding hydrogens is 254 g/mol. The summed E-state index contributed by atoms with van der Waals surface area (Å²) < 4.78 is 5.18. The third-order valence-corrected chi connectivity index (χ3v) is 4.99. The zero-order valence-electron chi connectivity index (χ0n) is 12.0. The second-order valence-corrected chi connectivity index (χ2v) is 6.80. The van der Waals surface area contributed by atoms with Crippen LogP contribution < -0.4 is 5.32 Å². The second-order valence-electron chi connectivity index (χ2n) is 5.46. The van der Waals surface area contributed by atoms with E-state index in [0.717, 1.165) is 18.4 Å². The maximum atomic E-state index is 5.18. The fraction of sp³-hybridized carbons (Fsp3) is 0.625. The topological polar surface area (TPSA) is 21.3 Å². The summed E-state index contributed by atoms with van der Waals surface area (Å²) >= 11 is 2.05. The third-order valence-electron chi connectivity index (χ3n) is 3.58. The lowest BCUT2D eigenvalue weighted by Crippen LogP contribution is -2.16. The fourth-order valence-electron chi connectivity index (χ4n) is 2.53. The Hall–Kier alpha value is -0.670. The minimum Gasteiger partial charge on any atom is -0.384 e. The molecule has 1 fully saturated rings.